The van der Waals surface area contributed by atoms with Crippen LogP contribution in [0.3, 0.4) is 0 Å². The van der Waals surface area contributed by atoms with E-state index in [1.807, 2.05) is 107 Å². The van der Waals surface area contributed by atoms with E-state index in [2.05, 4.69) is 0 Å². The van der Waals surface area contributed by atoms with Crippen LogP contribution in [0.2, 0.25) is 0 Å². The van der Waals surface area contributed by atoms with Crippen molar-refractivity contribution in [3.63, 3.8) is 0 Å². The van der Waals surface area contributed by atoms with Gasteiger partial charge in [-0.1, -0.05) is 83.1 Å². The lowest BCUT2D eigenvalue weighted by Crippen LogP contribution is -2.25. The van der Waals surface area contributed by atoms with E-state index in [9.17, 15) is 19.8 Å². The van der Waals surface area contributed by atoms with Crippen LogP contribution >= 0.6 is 0 Å². The zero-order chi connectivity index (χ0) is 31.0. The van der Waals surface area contributed by atoms with Gasteiger partial charge >= 0.3 is 11.9 Å². The lowest BCUT2D eigenvalue weighted by molar-refractivity contribution is -0.162. The van der Waals surface area contributed by atoms with Crippen molar-refractivity contribution in [1.29, 1.82) is 0 Å². The van der Waals surface area contributed by atoms with E-state index in [1.165, 1.54) is 6.92 Å². The van der Waals surface area contributed by atoms with Gasteiger partial charge in [-0.3, -0.25) is 9.59 Å². The SMILES string of the molecule is CC(C(=O)OCc1cc(C(C)(C)C)c(O)c(C(C)(C)C)c1)C(=O)OCc1cc(C(C)(C)C)c(O)c(C(C)(C)C)c1. The van der Waals surface area contributed by atoms with Gasteiger partial charge in [0.2, 0.25) is 0 Å². The van der Waals surface area contributed by atoms with Crippen LogP contribution in [0, 0.1) is 5.92 Å². The second-order valence-electron chi connectivity index (χ2n) is 15.0. The van der Waals surface area contributed by atoms with E-state index in [1.54, 1.807) is 0 Å². The summed E-state index contributed by atoms with van der Waals surface area (Å²) in [6, 6.07) is 7.41. The van der Waals surface area contributed by atoms with Crippen molar-refractivity contribution in [2.24, 2.45) is 5.92 Å². The van der Waals surface area contributed by atoms with Gasteiger partial charge in [0.05, 0.1) is 0 Å². The third-order valence-electron chi connectivity index (χ3n) is 7.04. The van der Waals surface area contributed by atoms with Gasteiger partial charge in [0.1, 0.15) is 24.7 Å². The lowest BCUT2D eigenvalue weighted by Gasteiger charge is -2.28. The van der Waals surface area contributed by atoms with Gasteiger partial charge < -0.3 is 19.7 Å². The Balaban J connectivity index is 2.19. The normalized spacial score (nSPS) is 12.9. The van der Waals surface area contributed by atoms with Crippen molar-refractivity contribution in [2.75, 3.05) is 0 Å². The summed E-state index contributed by atoms with van der Waals surface area (Å²) in [5.74, 6) is -1.95. The molecule has 0 heterocycles. The molecule has 2 aromatic carbocycles. The molecular weight excluding hydrogens is 504 g/mol. The minimum atomic E-state index is -1.11. The number of aromatic hydroxyl groups is 2. The zero-order valence-corrected chi connectivity index (χ0v) is 26.8. The third-order valence-corrected chi connectivity index (χ3v) is 7.04. The van der Waals surface area contributed by atoms with Crippen molar-refractivity contribution in [3.05, 3.63) is 57.6 Å². The molecule has 0 radical (unpaired) electrons. The topological polar surface area (TPSA) is 93.1 Å². The Morgan fingerprint density at radius 2 is 0.800 bits per heavy atom. The Morgan fingerprint density at radius 1 is 0.575 bits per heavy atom. The molecule has 6 heteroatoms. The number of esters is 2. The molecule has 0 bridgehead atoms. The molecule has 0 spiro atoms. The maximum absolute atomic E-state index is 12.8. The first-order valence-electron chi connectivity index (χ1n) is 14.0. The number of hydrogen-bond donors (Lipinski definition) is 2. The molecule has 0 aliphatic heterocycles. The number of carbonyl (C=O) groups excluding carboxylic acids is 2. The van der Waals surface area contributed by atoms with Crippen LogP contribution in [0.1, 0.15) is 123 Å². The highest BCUT2D eigenvalue weighted by molar-refractivity contribution is 5.94. The second kappa shape index (κ2) is 11.5. The molecule has 0 aromatic heterocycles. The van der Waals surface area contributed by atoms with Crippen LogP contribution in [0.4, 0.5) is 0 Å². The number of benzene rings is 2. The maximum Gasteiger partial charge on any atom is 0.320 e. The monoisotopic (exact) mass is 554 g/mol. The fraction of sp³-hybridized carbons (Fsp3) is 0.588. The van der Waals surface area contributed by atoms with Gasteiger partial charge in [0.25, 0.3) is 0 Å². The standard InChI is InChI=1S/C34H50O6/c1-20(29(37)39-18-21-14-23(31(2,3)4)27(35)24(15-21)32(5,6)7)30(38)40-19-22-16-25(33(8,9)10)28(36)26(17-22)34(11,12)13/h14-17,20,35-36H,18-19H2,1-13H3. The first kappa shape index (κ1) is 33.2. The zero-order valence-electron chi connectivity index (χ0n) is 26.8. The largest absolute Gasteiger partial charge is 0.507 e. The van der Waals surface area contributed by atoms with Gasteiger partial charge in [-0.25, -0.2) is 0 Å². The number of phenols is 2. The maximum atomic E-state index is 12.8. The van der Waals surface area contributed by atoms with E-state index in [4.69, 9.17) is 9.47 Å². The Kier molecular flexibility index (Phi) is 9.51. The van der Waals surface area contributed by atoms with Crippen molar-refractivity contribution < 1.29 is 29.3 Å². The van der Waals surface area contributed by atoms with E-state index < -0.39 is 17.9 Å². The van der Waals surface area contributed by atoms with Gasteiger partial charge in [0.15, 0.2) is 5.92 Å². The Bertz CT molecular complexity index is 1080. The first-order valence-corrected chi connectivity index (χ1v) is 14.0. The molecule has 2 rings (SSSR count). The molecule has 0 saturated heterocycles. The van der Waals surface area contributed by atoms with Crippen LogP contribution in [0.5, 0.6) is 11.5 Å². The van der Waals surface area contributed by atoms with Crippen molar-refractivity contribution in [1.82, 2.24) is 0 Å². The molecule has 0 saturated carbocycles. The van der Waals surface area contributed by atoms with Crippen molar-refractivity contribution in [2.45, 2.75) is 125 Å². The summed E-state index contributed by atoms with van der Waals surface area (Å²) >= 11 is 0. The molecule has 0 unspecified atom stereocenters. The fourth-order valence-electron chi connectivity index (χ4n) is 4.50. The molecule has 0 atom stereocenters. The molecule has 0 fully saturated rings. The predicted octanol–water partition coefficient (Wildman–Crippen LogP) is 7.71. The number of hydrogen-bond acceptors (Lipinski definition) is 6. The first-order chi connectivity index (χ1) is 17.9. The summed E-state index contributed by atoms with van der Waals surface area (Å²) in [6.45, 7) is 25.7. The number of ether oxygens (including phenoxy) is 2. The summed E-state index contributed by atoms with van der Waals surface area (Å²) in [5, 5.41) is 21.9. The van der Waals surface area contributed by atoms with Crippen molar-refractivity contribution in [3.8, 4) is 11.5 Å². The summed E-state index contributed by atoms with van der Waals surface area (Å²) in [7, 11) is 0. The minimum absolute atomic E-state index is 0.0231. The van der Waals surface area contributed by atoms with Gasteiger partial charge in [-0.15, -0.1) is 0 Å². The highest BCUT2D eigenvalue weighted by Gasteiger charge is 2.30. The summed E-state index contributed by atoms with van der Waals surface area (Å²) in [5.41, 5.74) is 3.35. The average Bonchev–Trinajstić information content (AvgIpc) is 2.78. The molecule has 2 N–H and O–H groups in total. The summed E-state index contributed by atoms with van der Waals surface area (Å²) in [6.07, 6.45) is 0. The number of phenolic OH excluding ortho intramolecular Hbond substituents is 2. The smallest absolute Gasteiger partial charge is 0.320 e. The van der Waals surface area contributed by atoms with E-state index >= 15 is 0 Å². The highest BCUT2D eigenvalue weighted by atomic mass is 16.6. The van der Waals surface area contributed by atoms with E-state index in [0.717, 1.165) is 33.4 Å². The predicted molar refractivity (Wildman–Crippen MR) is 160 cm³/mol. The molecule has 0 aliphatic rings. The Labute approximate surface area is 241 Å². The molecular formula is C34H50O6. The number of carbonyl (C=O) groups is 2. The van der Waals surface area contributed by atoms with Crippen LogP contribution < -0.4 is 0 Å². The molecule has 0 aliphatic carbocycles. The molecule has 222 valence electrons. The van der Waals surface area contributed by atoms with Crippen LogP contribution in [-0.4, -0.2) is 22.2 Å². The Morgan fingerprint density at radius 3 is 1.00 bits per heavy atom. The van der Waals surface area contributed by atoms with Crippen molar-refractivity contribution >= 4 is 11.9 Å². The highest BCUT2D eigenvalue weighted by Crippen LogP contribution is 2.41. The molecule has 0 amide bonds. The summed E-state index contributed by atoms with van der Waals surface area (Å²) in [4.78, 5) is 25.6. The van der Waals surface area contributed by atoms with E-state index in [0.29, 0.717) is 0 Å². The second-order valence-corrected chi connectivity index (χ2v) is 15.0. The lowest BCUT2D eigenvalue weighted by atomic mass is 9.78. The van der Waals surface area contributed by atoms with Gasteiger partial charge in [0, 0.05) is 0 Å². The molecule has 2 aromatic rings. The molecule has 40 heavy (non-hydrogen) atoms. The van der Waals surface area contributed by atoms with Gasteiger partial charge in [-0.2, -0.15) is 0 Å². The average molecular weight is 555 g/mol. The van der Waals surface area contributed by atoms with Crippen LogP contribution in [-0.2, 0) is 53.9 Å². The van der Waals surface area contributed by atoms with Gasteiger partial charge in [-0.05, 0) is 86.2 Å². The van der Waals surface area contributed by atoms with Crippen LogP contribution in [0.25, 0.3) is 0 Å². The number of rotatable bonds is 6. The quantitative estimate of drug-likeness (QED) is 0.281. The fourth-order valence-corrected chi connectivity index (χ4v) is 4.50. The minimum Gasteiger partial charge on any atom is -0.507 e. The summed E-state index contributed by atoms with van der Waals surface area (Å²) < 4.78 is 11.1. The van der Waals surface area contributed by atoms with Crippen LogP contribution in [0.15, 0.2) is 24.3 Å². The third kappa shape index (κ3) is 8.02. The molecule has 6 nitrogen and oxygen atoms in total. The van der Waals surface area contributed by atoms with E-state index in [-0.39, 0.29) is 46.4 Å². The Hall–Kier alpha value is -3.02.